The van der Waals surface area contributed by atoms with Gasteiger partial charge in [0.05, 0.1) is 11.3 Å². The van der Waals surface area contributed by atoms with Gasteiger partial charge in [-0.25, -0.2) is 4.98 Å². The van der Waals surface area contributed by atoms with Gasteiger partial charge in [-0.2, -0.15) is 16.9 Å². The zero-order chi connectivity index (χ0) is 10.8. The van der Waals surface area contributed by atoms with Crippen LogP contribution in [0.1, 0.15) is 36.8 Å². The van der Waals surface area contributed by atoms with Crippen molar-refractivity contribution in [2.24, 2.45) is 5.73 Å². The number of rotatable bonds is 2. The van der Waals surface area contributed by atoms with Crippen molar-refractivity contribution in [1.82, 2.24) is 15.2 Å². The number of hydrogen-bond acceptors (Lipinski definition) is 5. The first-order valence-corrected chi connectivity index (χ1v) is 7.19. The van der Waals surface area contributed by atoms with Gasteiger partial charge in [-0.15, -0.1) is 11.8 Å². The topological polar surface area (TPSA) is 67.6 Å². The fourth-order valence-corrected chi connectivity index (χ4v) is 4.26. The molecule has 0 bridgehead atoms. The van der Waals surface area contributed by atoms with E-state index in [1.54, 1.807) is 0 Å². The number of H-pyrrole nitrogens is 1. The second-order valence-corrected chi connectivity index (χ2v) is 6.47. The van der Waals surface area contributed by atoms with E-state index >= 15 is 0 Å². The highest BCUT2D eigenvalue weighted by atomic mass is 32.2. The third kappa shape index (κ3) is 2.49. The van der Waals surface area contributed by atoms with Crippen LogP contribution in [0.5, 0.6) is 0 Å². The van der Waals surface area contributed by atoms with Crippen LogP contribution in [0, 0.1) is 0 Å². The Labute approximate surface area is 98.2 Å². The quantitative estimate of drug-likeness (QED) is 0.829. The minimum atomic E-state index is -0.0912. The van der Waals surface area contributed by atoms with Crippen molar-refractivity contribution >= 4 is 23.5 Å². The van der Waals surface area contributed by atoms with E-state index in [0.29, 0.717) is 16.3 Å². The van der Waals surface area contributed by atoms with Crippen molar-refractivity contribution in [1.29, 1.82) is 0 Å². The van der Waals surface area contributed by atoms with Crippen molar-refractivity contribution < 1.29 is 0 Å². The van der Waals surface area contributed by atoms with Crippen LogP contribution in [0.4, 0.5) is 0 Å². The summed E-state index contributed by atoms with van der Waals surface area (Å²) in [7, 11) is 0. The molecule has 1 fully saturated rings. The molecule has 0 spiro atoms. The lowest BCUT2D eigenvalue weighted by molar-refractivity contribution is 0.743. The van der Waals surface area contributed by atoms with Gasteiger partial charge in [-0.05, 0) is 6.92 Å². The standard InChI is InChI=1S/C9H16N4S2/c1-5(10)8-11-9(13-12-8)7-6(2)14-3-4-15-7/h5-7H,3-4,10H2,1-2H3,(H,11,12,13). The van der Waals surface area contributed by atoms with Gasteiger partial charge in [-0.1, -0.05) is 6.92 Å². The van der Waals surface area contributed by atoms with E-state index in [9.17, 15) is 0 Å². The molecule has 0 radical (unpaired) electrons. The Morgan fingerprint density at radius 3 is 2.80 bits per heavy atom. The van der Waals surface area contributed by atoms with Crippen LogP contribution in [-0.4, -0.2) is 31.9 Å². The summed E-state index contributed by atoms with van der Waals surface area (Å²) in [4.78, 5) is 4.46. The molecule has 2 heterocycles. The molecule has 0 amide bonds. The first-order chi connectivity index (χ1) is 7.18. The Balaban J connectivity index is 2.13. The largest absolute Gasteiger partial charge is 0.321 e. The molecule has 0 saturated carbocycles. The van der Waals surface area contributed by atoms with Gasteiger partial charge in [0, 0.05) is 16.8 Å². The monoisotopic (exact) mass is 244 g/mol. The van der Waals surface area contributed by atoms with E-state index < -0.39 is 0 Å². The number of nitrogens with two attached hydrogens (primary N) is 1. The predicted octanol–water partition coefficient (Wildman–Crippen LogP) is 1.73. The number of aromatic amines is 1. The third-order valence-electron chi connectivity index (χ3n) is 2.38. The Bertz CT molecular complexity index is 326. The van der Waals surface area contributed by atoms with Crippen molar-refractivity contribution in [3.63, 3.8) is 0 Å². The van der Waals surface area contributed by atoms with Gasteiger partial charge in [-0.3, -0.25) is 5.10 Å². The number of nitrogens with zero attached hydrogens (tertiary/aromatic N) is 2. The zero-order valence-electron chi connectivity index (χ0n) is 8.93. The average molecular weight is 244 g/mol. The molecule has 2 rings (SSSR count). The summed E-state index contributed by atoms with van der Waals surface area (Å²) in [5.74, 6) is 4.12. The summed E-state index contributed by atoms with van der Waals surface area (Å²) in [6, 6.07) is -0.0912. The molecule has 84 valence electrons. The van der Waals surface area contributed by atoms with Gasteiger partial charge >= 0.3 is 0 Å². The Kier molecular flexibility index (Phi) is 3.58. The highest BCUT2D eigenvalue weighted by Gasteiger charge is 2.27. The lowest BCUT2D eigenvalue weighted by Gasteiger charge is -2.25. The van der Waals surface area contributed by atoms with Crippen molar-refractivity contribution in [2.75, 3.05) is 11.5 Å². The minimum Gasteiger partial charge on any atom is -0.321 e. The number of thioether (sulfide) groups is 2. The maximum atomic E-state index is 5.73. The van der Waals surface area contributed by atoms with Crippen molar-refractivity contribution in [3.8, 4) is 0 Å². The summed E-state index contributed by atoms with van der Waals surface area (Å²) in [6.07, 6.45) is 0. The predicted molar refractivity (Wildman–Crippen MR) is 66.1 cm³/mol. The molecule has 15 heavy (non-hydrogen) atoms. The average Bonchev–Trinajstić information content (AvgIpc) is 2.67. The van der Waals surface area contributed by atoms with Gasteiger partial charge in [0.25, 0.3) is 0 Å². The fraction of sp³-hybridized carbons (Fsp3) is 0.778. The van der Waals surface area contributed by atoms with Crippen LogP contribution in [0.2, 0.25) is 0 Å². The Hall–Kier alpha value is -0.200. The molecule has 0 aromatic carbocycles. The molecule has 3 N–H and O–H groups in total. The molecule has 3 unspecified atom stereocenters. The van der Waals surface area contributed by atoms with Crippen LogP contribution in [0.25, 0.3) is 0 Å². The first-order valence-electron chi connectivity index (χ1n) is 5.09. The molecule has 1 saturated heterocycles. The number of nitrogens with one attached hydrogen (secondary N) is 1. The first kappa shape index (κ1) is 11.3. The highest BCUT2D eigenvalue weighted by molar-refractivity contribution is 8.06. The van der Waals surface area contributed by atoms with Crippen LogP contribution >= 0.6 is 23.5 Å². The Morgan fingerprint density at radius 2 is 2.20 bits per heavy atom. The van der Waals surface area contributed by atoms with E-state index in [-0.39, 0.29) is 6.04 Å². The molecule has 0 aliphatic carbocycles. The van der Waals surface area contributed by atoms with E-state index in [2.05, 4.69) is 22.1 Å². The molecule has 3 atom stereocenters. The van der Waals surface area contributed by atoms with Gasteiger partial charge in [0.2, 0.25) is 0 Å². The zero-order valence-corrected chi connectivity index (χ0v) is 10.6. The number of aromatic nitrogens is 3. The smallest absolute Gasteiger partial charge is 0.167 e. The minimum absolute atomic E-state index is 0.0912. The third-order valence-corrected chi connectivity index (χ3v) is 5.48. The summed E-state index contributed by atoms with van der Waals surface area (Å²) in [5.41, 5.74) is 5.73. The molecule has 1 aromatic rings. The second kappa shape index (κ2) is 4.76. The molecule has 1 aliphatic heterocycles. The van der Waals surface area contributed by atoms with E-state index in [1.165, 1.54) is 11.5 Å². The van der Waals surface area contributed by atoms with Crippen LogP contribution in [-0.2, 0) is 0 Å². The van der Waals surface area contributed by atoms with Gasteiger partial charge in [0.15, 0.2) is 5.82 Å². The molecule has 6 heteroatoms. The summed E-state index contributed by atoms with van der Waals surface area (Å²) in [6.45, 7) is 4.15. The molecular formula is C9H16N4S2. The van der Waals surface area contributed by atoms with E-state index in [0.717, 1.165) is 5.82 Å². The SMILES string of the molecule is CC(N)c1n[nH]c(C2SCCSC2C)n1. The summed E-state index contributed by atoms with van der Waals surface area (Å²) >= 11 is 3.95. The van der Waals surface area contributed by atoms with E-state index in [1.807, 2.05) is 30.4 Å². The van der Waals surface area contributed by atoms with Gasteiger partial charge in [0.1, 0.15) is 5.82 Å². The molecule has 1 aromatic heterocycles. The lowest BCUT2D eigenvalue weighted by Crippen LogP contribution is -2.17. The fourth-order valence-electron chi connectivity index (χ4n) is 1.55. The van der Waals surface area contributed by atoms with E-state index in [4.69, 9.17) is 5.73 Å². The maximum Gasteiger partial charge on any atom is 0.167 e. The second-order valence-electron chi connectivity index (χ2n) is 3.73. The molecule has 1 aliphatic rings. The molecule has 4 nitrogen and oxygen atoms in total. The van der Waals surface area contributed by atoms with Crippen LogP contribution in [0.15, 0.2) is 0 Å². The van der Waals surface area contributed by atoms with Gasteiger partial charge < -0.3 is 5.73 Å². The van der Waals surface area contributed by atoms with Crippen LogP contribution < -0.4 is 5.73 Å². The highest BCUT2D eigenvalue weighted by Crippen LogP contribution is 2.40. The van der Waals surface area contributed by atoms with Crippen LogP contribution in [0.3, 0.4) is 0 Å². The summed E-state index contributed by atoms with van der Waals surface area (Å²) in [5, 5.41) is 8.18. The normalized spacial score (nSPS) is 29.0. The summed E-state index contributed by atoms with van der Waals surface area (Å²) < 4.78 is 0. The van der Waals surface area contributed by atoms with Crippen molar-refractivity contribution in [3.05, 3.63) is 11.6 Å². The number of hydrogen-bond donors (Lipinski definition) is 2. The lowest BCUT2D eigenvalue weighted by atomic mass is 10.3. The maximum absolute atomic E-state index is 5.73. The van der Waals surface area contributed by atoms with Crippen molar-refractivity contribution in [2.45, 2.75) is 30.4 Å². The molecular weight excluding hydrogens is 228 g/mol. The Morgan fingerprint density at radius 1 is 1.47 bits per heavy atom.